The Kier molecular flexibility index (Phi) is 4.58. The van der Waals surface area contributed by atoms with E-state index in [1.165, 1.54) is 0 Å². The minimum absolute atomic E-state index is 0.293. The molecule has 0 saturated carbocycles. The molecule has 5 heteroatoms. The van der Waals surface area contributed by atoms with Crippen LogP contribution in [0, 0.1) is 0 Å². The Morgan fingerprint density at radius 2 is 2.20 bits per heavy atom. The van der Waals surface area contributed by atoms with Gasteiger partial charge in [0, 0.05) is 10.9 Å². The van der Waals surface area contributed by atoms with Crippen LogP contribution >= 0.6 is 15.9 Å². The summed E-state index contributed by atoms with van der Waals surface area (Å²) in [4.78, 5) is 13.9. The highest BCUT2D eigenvalue weighted by atomic mass is 79.9. The van der Waals surface area contributed by atoms with Crippen LogP contribution in [-0.4, -0.2) is 29.7 Å². The molecule has 1 aliphatic rings. The first-order chi connectivity index (χ1) is 9.40. The molecule has 0 fully saturated rings. The minimum atomic E-state index is -0.484. The Labute approximate surface area is 128 Å². The second-order valence-electron chi connectivity index (χ2n) is 5.78. The normalized spacial score (nSPS) is 15.1. The van der Waals surface area contributed by atoms with Crippen LogP contribution in [0.1, 0.15) is 31.9 Å². The van der Waals surface area contributed by atoms with Crippen LogP contribution in [0.25, 0.3) is 0 Å². The number of fused-ring (bicyclic) bond motifs is 1. The second-order valence-corrected chi connectivity index (χ2v) is 6.34. The summed E-state index contributed by atoms with van der Waals surface area (Å²) < 4.78 is 11.2. The van der Waals surface area contributed by atoms with Crippen LogP contribution < -0.4 is 4.74 Å². The molecule has 1 aromatic carbocycles. The predicted molar refractivity (Wildman–Crippen MR) is 81.2 cm³/mol. The number of halogens is 1. The van der Waals surface area contributed by atoms with Crippen molar-refractivity contribution in [1.82, 2.24) is 4.90 Å². The van der Waals surface area contributed by atoms with Gasteiger partial charge in [0.05, 0.1) is 13.1 Å². The molecular weight excluding hydrogens is 322 g/mol. The lowest BCUT2D eigenvalue weighted by molar-refractivity contribution is 0.0225. The fraction of sp³-hybridized carbons (Fsp3) is 0.533. The first-order valence-corrected chi connectivity index (χ1v) is 7.80. The molecule has 0 spiro atoms. The van der Waals surface area contributed by atoms with Crippen molar-refractivity contribution in [3.63, 3.8) is 0 Å². The van der Waals surface area contributed by atoms with Crippen molar-refractivity contribution in [3.05, 3.63) is 29.3 Å². The van der Waals surface area contributed by atoms with Crippen LogP contribution in [0.3, 0.4) is 0 Å². The SMILES string of the molecule is CC(C)(C)OC(=O)N1CCOc2cccc(CBr)c2C1. The molecule has 0 saturated heterocycles. The van der Waals surface area contributed by atoms with E-state index < -0.39 is 5.60 Å². The van der Waals surface area contributed by atoms with Crippen molar-refractivity contribution in [2.24, 2.45) is 0 Å². The van der Waals surface area contributed by atoms with Crippen molar-refractivity contribution in [1.29, 1.82) is 0 Å². The van der Waals surface area contributed by atoms with Gasteiger partial charge in [0.25, 0.3) is 0 Å². The molecule has 0 N–H and O–H groups in total. The van der Waals surface area contributed by atoms with Gasteiger partial charge in [-0.2, -0.15) is 0 Å². The first kappa shape index (κ1) is 15.2. The third-order valence-corrected chi connectivity index (χ3v) is 3.60. The lowest BCUT2D eigenvalue weighted by Crippen LogP contribution is -2.37. The lowest BCUT2D eigenvalue weighted by Gasteiger charge is -2.26. The van der Waals surface area contributed by atoms with E-state index in [-0.39, 0.29) is 6.09 Å². The van der Waals surface area contributed by atoms with Gasteiger partial charge in [0.15, 0.2) is 0 Å². The summed E-state index contributed by atoms with van der Waals surface area (Å²) in [6, 6.07) is 5.95. The quantitative estimate of drug-likeness (QED) is 0.731. The fourth-order valence-corrected chi connectivity index (χ4v) is 2.59. The Hall–Kier alpha value is -1.23. The summed E-state index contributed by atoms with van der Waals surface area (Å²) in [5.74, 6) is 0.855. The molecule has 20 heavy (non-hydrogen) atoms. The van der Waals surface area contributed by atoms with Crippen LogP contribution in [0.4, 0.5) is 4.79 Å². The molecular formula is C15H20BrNO3. The van der Waals surface area contributed by atoms with E-state index in [9.17, 15) is 4.79 Å². The molecule has 1 amide bonds. The summed E-state index contributed by atoms with van der Waals surface area (Å²) >= 11 is 3.48. The summed E-state index contributed by atoms with van der Waals surface area (Å²) in [5.41, 5.74) is 1.70. The Bertz CT molecular complexity index is 496. The van der Waals surface area contributed by atoms with Crippen molar-refractivity contribution in [2.75, 3.05) is 13.2 Å². The zero-order valence-electron chi connectivity index (χ0n) is 12.1. The molecule has 0 aliphatic carbocycles. The fourth-order valence-electron chi connectivity index (χ4n) is 2.07. The number of hydrogen-bond acceptors (Lipinski definition) is 3. The van der Waals surface area contributed by atoms with E-state index in [0.717, 1.165) is 22.2 Å². The topological polar surface area (TPSA) is 38.8 Å². The largest absolute Gasteiger partial charge is 0.491 e. The van der Waals surface area contributed by atoms with Gasteiger partial charge in [-0.15, -0.1) is 0 Å². The maximum Gasteiger partial charge on any atom is 0.410 e. The zero-order valence-corrected chi connectivity index (χ0v) is 13.7. The molecule has 4 nitrogen and oxygen atoms in total. The number of alkyl halides is 1. The molecule has 0 radical (unpaired) electrons. The maximum atomic E-state index is 12.2. The molecule has 1 heterocycles. The van der Waals surface area contributed by atoms with Gasteiger partial charge in [0.1, 0.15) is 18.0 Å². The number of amides is 1. The third kappa shape index (κ3) is 3.66. The molecule has 1 aliphatic heterocycles. The van der Waals surface area contributed by atoms with E-state index in [4.69, 9.17) is 9.47 Å². The Morgan fingerprint density at radius 1 is 1.45 bits per heavy atom. The second kappa shape index (κ2) is 6.04. The monoisotopic (exact) mass is 341 g/mol. The smallest absolute Gasteiger partial charge is 0.410 e. The average Bonchev–Trinajstić information content (AvgIpc) is 2.58. The highest BCUT2D eigenvalue weighted by Crippen LogP contribution is 2.28. The van der Waals surface area contributed by atoms with Gasteiger partial charge >= 0.3 is 6.09 Å². The molecule has 2 rings (SSSR count). The van der Waals surface area contributed by atoms with Crippen LogP contribution in [0.15, 0.2) is 18.2 Å². The summed E-state index contributed by atoms with van der Waals surface area (Å²) in [6.07, 6.45) is -0.293. The van der Waals surface area contributed by atoms with E-state index in [1.807, 2.05) is 39.0 Å². The van der Waals surface area contributed by atoms with E-state index >= 15 is 0 Å². The number of nitrogens with zero attached hydrogens (tertiary/aromatic N) is 1. The number of carbonyl (C=O) groups is 1. The van der Waals surface area contributed by atoms with Crippen LogP contribution in [-0.2, 0) is 16.6 Å². The minimum Gasteiger partial charge on any atom is -0.491 e. The highest BCUT2D eigenvalue weighted by molar-refractivity contribution is 9.08. The average molecular weight is 342 g/mol. The lowest BCUT2D eigenvalue weighted by atomic mass is 10.1. The maximum absolute atomic E-state index is 12.2. The van der Waals surface area contributed by atoms with Gasteiger partial charge in [-0.25, -0.2) is 4.79 Å². The van der Waals surface area contributed by atoms with Crippen LogP contribution in [0.5, 0.6) is 5.75 Å². The van der Waals surface area contributed by atoms with Crippen molar-refractivity contribution in [2.45, 2.75) is 38.2 Å². The summed E-state index contributed by atoms with van der Waals surface area (Å²) in [6.45, 7) is 7.15. The zero-order chi connectivity index (χ0) is 14.8. The Morgan fingerprint density at radius 3 is 2.85 bits per heavy atom. The molecule has 1 aromatic rings. The van der Waals surface area contributed by atoms with E-state index in [1.54, 1.807) is 4.90 Å². The number of carbonyl (C=O) groups excluding carboxylic acids is 1. The van der Waals surface area contributed by atoms with Gasteiger partial charge < -0.3 is 14.4 Å². The van der Waals surface area contributed by atoms with E-state index in [0.29, 0.717) is 19.7 Å². The first-order valence-electron chi connectivity index (χ1n) is 6.68. The van der Waals surface area contributed by atoms with Gasteiger partial charge in [-0.05, 0) is 32.4 Å². The molecule has 0 bridgehead atoms. The van der Waals surface area contributed by atoms with Gasteiger partial charge in [-0.1, -0.05) is 28.1 Å². The summed E-state index contributed by atoms with van der Waals surface area (Å²) in [5, 5.41) is 0.738. The van der Waals surface area contributed by atoms with Crippen molar-refractivity contribution >= 4 is 22.0 Å². The predicted octanol–water partition coefficient (Wildman–Crippen LogP) is 3.71. The van der Waals surface area contributed by atoms with Crippen LogP contribution in [0.2, 0.25) is 0 Å². The number of hydrogen-bond donors (Lipinski definition) is 0. The molecule has 110 valence electrons. The highest BCUT2D eigenvalue weighted by Gasteiger charge is 2.26. The molecule has 0 aromatic heterocycles. The third-order valence-electron chi connectivity index (χ3n) is 2.99. The van der Waals surface area contributed by atoms with Crippen molar-refractivity contribution in [3.8, 4) is 5.75 Å². The number of rotatable bonds is 1. The summed E-state index contributed by atoms with van der Waals surface area (Å²) in [7, 11) is 0. The van der Waals surface area contributed by atoms with E-state index in [2.05, 4.69) is 15.9 Å². The Balaban J connectivity index is 2.21. The standard InChI is InChI=1S/C15H20BrNO3/c1-15(2,3)20-14(18)17-7-8-19-13-6-4-5-11(9-16)12(13)10-17/h4-6H,7-10H2,1-3H3. The van der Waals surface area contributed by atoms with Gasteiger partial charge in [-0.3, -0.25) is 0 Å². The van der Waals surface area contributed by atoms with Gasteiger partial charge in [0.2, 0.25) is 0 Å². The number of benzene rings is 1. The molecule has 0 unspecified atom stereocenters. The van der Waals surface area contributed by atoms with Crippen molar-refractivity contribution < 1.29 is 14.3 Å². The number of ether oxygens (including phenoxy) is 2. The molecule has 0 atom stereocenters.